The average Bonchev–Trinajstić information content (AvgIpc) is 3.04. The molecule has 0 radical (unpaired) electrons. The fourth-order valence-corrected chi connectivity index (χ4v) is 3.16. The number of anilines is 2. The summed E-state index contributed by atoms with van der Waals surface area (Å²) in [7, 11) is 0. The molecule has 1 N–H and O–H groups in total. The van der Waals surface area contributed by atoms with E-state index in [9.17, 15) is 9.59 Å². The number of nitrogens with one attached hydrogen (secondary N) is 1. The summed E-state index contributed by atoms with van der Waals surface area (Å²) in [5.41, 5.74) is 3.08. The van der Waals surface area contributed by atoms with Gasteiger partial charge in [-0.05, 0) is 44.2 Å². The summed E-state index contributed by atoms with van der Waals surface area (Å²) in [6, 6.07) is 15.2. The van der Waals surface area contributed by atoms with Crippen LogP contribution in [0.2, 0.25) is 0 Å². The Hall–Kier alpha value is -3.08. The van der Waals surface area contributed by atoms with Crippen LogP contribution in [0.15, 0.2) is 54.7 Å². The van der Waals surface area contributed by atoms with E-state index in [-0.39, 0.29) is 11.8 Å². The van der Waals surface area contributed by atoms with Crippen molar-refractivity contribution >= 4 is 34.1 Å². The van der Waals surface area contributed by atoms with E-state index in [1.165, 1.54) is 11.5 Å². The molecular weight excluding hydrogens is 326 g/mol. The number of amides is 1. The first kappa shape index (κ1) is 17.7. The molecule has 3 rings (SSSR count). The Balaban J connectivity index is 1.87. The minimum Gasteiger partial charge on any atom is -0.372 e. The van der Waals surface area contributed by atoms with E-state index < -0.39 is 0 Å². The lowest BCUT2D eigenvalue weighted by Crippen LogP contribution is -2.21. The number of nitrogens with zero attached hydrogens (tertiary/aromatic N) is 2. The number of hydrogen-bond acceptors (Lipinski definition) is 3. The molecule has 1 amide bonds. The number of aromatic nitrogens is 1. The lowest BCUT2D eigenvalue weighted by molar-refractivity contribution is 0.0941. The van der Waals surface area contributed by atoms with Gasteiger partial charge < -0.3 is 10.2 Å². The molecule has 0 atom stereocenters. The Bertz CT molecular complexity index is 938. The van der Waals surface area contributed by atoms with E-state index in [2.05, 4.69) is 24.1 Å². The van der Waals surface area contributed by atoms with Crippen molar-refractivity contribution < 1.29 is 9.59 Å². The lowest BCUT2D eigenvalue weighted by atomic mass is 10.1. The smallest absolute Gasteiger partial charge is 0.257 e. The van der Waals surface area contributed by atoms with E-state index in [0.717, 1.165) is 35.4 Å². The van der Waals surface area contributed by atoms with Gasteiger partial charge in [-0.25, -0.2) is 0 Å². The number of benzene rings is 2. The molecular formula is C21H23N3O2. The predicted octanol–water partition coefficient (Wildman–Crippen LogP) is 4.40. The maximum Gasteiger partial charge on any atom is 0.257 e. The SMILES string of the molecule is CCN(CC)c1ccc(NC(=O)c2cn(C(C)=O)c3ccccc23)cc1. The summed E-state index contributed by atoms with van der Waals surface area (Å²) < 4.78 is 1.51. The first-order valence-corrected chi connectivity index (χ1v) is 8.82. The Morgan fingerprint density at radius 1 is 1.00 bits per heavy atom. The zero-order chi connectivity index (χ0) is 18.7. The highest BCUT2D eigenvalue weighted by Crippen LogP contribution is 2.23. The van der Waals surface area contributed by atoms with E-state index in [4.69, 9.17) is 0 Å². The highest BCUT2D eigenvalue weighted by atomic mass is 16.2. The van der Waals surface area contributed by atoms with Crippen LogP contribution in [0, 0.1) is 0 Å². The van der Waals surface area contributed by atoms with Crippen LogP contribution < -0.4 is 10.2 Å². The quantitative estimate of drug-likeness (QED) is 0.743. The number of fused-ring (bicyclic) bond motifs is 1. The normalized spacial score (nSPS) is 10.7. The van der Waals surface area contributed by atoms with E-state index in [0.29, 0.717) is 5.56 Å². The van der Waals surface area contributed by atoms with Gasteiger partial charge in [0.2, 0.25) is 5.91 Å². The monoisotopic (exact) mass is 349 g/mol. The van der Waals surface area contributed by atoms with E-state index in [1.807, 2.05) is 48.5 Å². The maximum absolute atomic E-state index is 12.7. The van der Waals surface area contributed by atoms with Crippen molar-refractivity contribution in [2.45, 2.75) is 20.8 Å². The van der Waals surface area contributed by atoms with Crippen LogP contribution in [0.3, 0.4) is 0 Å². The van der Waals surface area contributed by atoms with Gasteiger partial charge in [-0.2, -0.15) is 0 Å². The van der Waals surface area contributed by atoms with Crippen molar-refractivity contribution in [1.82, 2.24) is 4.57 Å². The van der Waals surface area contributed by atoms with Gasteiger partial charge in [0.05, 0.1) is 11.1 Å². The van der Waals surface area contributed by atoms with Crippen LogP contribution in [-0.2, 0) is 0 Å². The lowest BCUT2D eigenvalue weighted by Gasteiger charge is -2.21. The van der Waals surface area contributed by atoms with Crippen molar-refractivity contribution in [2.24, 2.45) is 0 Å². The molecule has 1 heterocycles. The second-order valence-electron chi connectivity index (χ2n) is 6.12. The average molecular weight is 349 g/mol. The number of para-hydroxylation sites is 1. The minimum atomic E-state index is -0.225. The fraction of sp³-hybridized carbons (Fsp3) is 0.238. The molecule has 0 unspecified atom stereocenters. The molecule has 0 bridgehead atoms. The molecule has 1 aromatic heterocycles. The summed E-state index contributed by atoms with van der Waals surface area (Å²) in [6.45, 7) is 7.59. The van der Waals surface area contributed by atoms with Crippen LogP contribution in [0.25, 0.3) is 10.9 Å². The molecule has 5 nitrogen and oxygen atoms in total. The Morgan fingerprint density at radius 3 is 2.27 bits per heavy atom. The summed E-state index contributed by atoms with van der Waals surface area (Å²) in [4.78, 5) is 26.8. The Morgan fingerprint density at radius 2 is 1.65 bits per heavy atom. The van der Waals surface area contributed by atoms with Crippen molar-refractivity contribution in [3.8, 4) is 0 Å². The Kier molecular flexibility index (Phi) is 5.07. The second kappa shape index (κ2) is 7.44. The molecule has 26 heavy (non-hydrogen) atoms. The molecule has 0 aliphatic heterocycles. The van der Waals surface area contributed by atoms with Gasteiger partial charge >= 0.3 is 0 Å². The number of carbonyl (C=O) groups excluding carboxylic acids is 2. The zero-order valence-corrected chi connectivity index (χ0v) is 15.3. The van der Waals surface area contributed by atoms with Crippen LogP contribution in [0.4, 0.5) is 11.4 Å². The third-order valence-corrected chi connectivity index (χ3v) is 4.55. The van der Waals surface area contributed by atoms with Crippen LogP contribution >= 0.6 is 0 Å². The number of hydrogen-bond donors (Lipinski definition) is 1. The van der Waals surface area contributed by atoms with Gasteiger partial charge in [0.25, 0.3) is 5.91 Å². The molecule has 134 valence electrons. The van der Waals surface area contributed by atoms with Gasteiger partial charge in [-0.1, -0.05) is 18.2 Å². The summed E-state index contributed by atoms with van der Waals surface area (Å²) in [5, 5.41) is 3.69. The second-order valence-corrected chi connectivity index (χ2v) is 6.12. The molecule has 2 aromatic carbocycles. The van der Waals surface area contributed by atoms with E-state index >= 15 is 0 Å². The third kappa shape index (κ3) is 3.33. The first-order chi connectivity index (χ1) is 12.5. The molecule has 0 saturated carbocycles. The molecule has 0 saturated heterocycles. The van der Waals surface area contributed by atoms with Crippen LogP contribution in [0.1, 0.15) is 35.9 Å². The minimum absolute atomic E-state index is 0.121. The Labute approximate surface area is 153 Å². The van der Waals surface area contributed by atoms with Crippen LogP contribution in [0.5, 0.6) is 0 Å². The maximum atomic E-state index is 12.7. The zero-order valence-electron chi connectivity index (χ0n) is 15.3. The number of carbonyl (C=O) groups is 2. The van der Waals surface area contributed by atoms with Crippen molar-refractivity contribution in [2.75, 3.05) is 23.3 Å². The molecule has 0 aliphatic rings. The van der Waals surface area contributed by atoms with Crippen LogP contribution in [-0.4, -0.2) is 29.5 Å². The van der Waals surface area contributed by atoms with Gasteiger partial charge in [-0.3, -0.25) is 14.2 Å². The molecule has 0 fully saturated rings. The van der Waals surface area contributed by atoms with Gasteiger partial charge in [0, 0.05) is 43.0 Å². The summed E-state index contributed by atoms with van der Waals surface area (Å²) >= 11 is 0. The van der Waals surface area contributed by atoms with E-state index in [1.54, 1.807) is 6.20 Å². The highest BCUT2D eigenvalue weighted by Gasteiger charge is 2.16. The van der Waals surface area contributed by atoms with Crippen molar-refractivity contribution in [3.63, 3.8) is 0 Å². The third-order valence-electron chi connectivity index (χ3n) is 4.55. The van der Waals surface area contributed by atoms with Crippen molar-refractivity contribution in [3.05, 3.63) is 60.3 Å². The van der Waals surface area contributed by atoms with Crippen molar-refractivity contribution in [1.29, 1.82) is 0 Å². The molecule has 0 spiro atoms. The predicted molar refractivity (Wildman–Crippen MR) is 106 cm³/mol. The molecule has 5 heteroatoms. The standard InChI is InChI=1S/C21H23N3O2/c1-4-23(5-2)17-12-10-16(11-13-17)22-21(26)19-14-24(15(3)25)20-9-7-6-8-18(19)20/h6-14H,4-5H2,1-3H3,(H,22,26). The van der Waals surface area contributed by atoms with Gasteiger partial charge in [-0.15, -0.1) is 0 Å². The topological polar surface area (TPSA) is 54.3 Å². The first-order valence-electron chi connectivity index (χ1n) is 8.82. The number of rotatable bonds is 5. The highest BCUT2D eigenvalue weighted by molar-refractivity contribution is 6.14. The molecule has 3 aromatic rings. The summed E-state index contributed by atoms with van der Waals surface area (Å²) in [5.74, 6) is -0.347. The molecule has 0 aliphatic carbocycles. The largest absolute Gasteiger partial charge is 0.372 e. The van der Waals surface area contributed by atoms with Gasteiger partial charge in [0.1, 0.15) is 0 Å². The fourth-order valence-electron chi connectivity index (χ4n) is 3.16. The summed E-state index contributed by atoms with van der Waals surface area (Å²) in [6.07, 6.45) is 1.60. The van der Waals surface area contributed by atoms with Gasteiger partial charge in [0.15, 0.2) is 0 Å².